The summed E-state index contributed by atoms with van der Waals surface area (Å²) in [4.78, 5) is 12.6. The monoisotopic (exact) mass is 460 g/mol. The smallest absolute Gasteiger partial charge is 0.241 e. The molecule has 0 radical (unpaired) electrons. The molecular weight excluding hydrogens is 439 g/mol. The minimum atomic E-state index is -3.73. The number of anilines is 1. The van der Waals surface area contributed by atoms with Gasteiger partial charge in [0.15, 0.2) is 11.5 Å². The van der Waals surface area contributed by atoms with Gasteiger partial charge in [-0.1, -0.05) is 29.3 Å². The summed E-state index contributed by atoms with van der Waals surface area (Å²) in [5.41, 5.74) is 1.02. The van der Waals surface area contributed by atoms with Crippen LogP contribution in [0.5, 0.6) is 11.5 Å². The molecule has 0 bridgehead atoms. The van der Waals surface area contributed by atoms with Crippen molar-refractivity contribution < 1.29 is 22.7 Å². The van der Waals surface area contributed by atoms with Crippen LogP contribution in [0.2, 0.25) is 10.0 Å². The van der Waals surface area contributed by atoms with Gasteiger partial charge in [0.2, 0.25) is 15.9 Å². The molecule has 2 aromatic carbocycles. The molecule has 0 saturated carbocycles. The summed E-state index contributed by atoms with van der Waals surface area (Å²) >= 11 is 11.9. The third-order valence-electron chi connectivity index (χ3n) is 4.16. The zero-order valence-electron chi connectivity index (χ0n) is 16.4. The fourth-order valence-corrected chi connectivity index (χ4v) is 3.80. The van der Waals surface area contributed by atoms with E-state index in [2.05, 4.69) is 5.32 Å². The normalized spacial score (nSPS) is 12.2. The Bertz CT molecular complexity index is 998. The lowest BCUT2D eigenvalue weighted by atomic mass is 10.1. The topological polar surface area (TPSA) is 84.9 Å². The lowest BCUT2D eigenvalue weighted by molar-refractivity contribution is -0.120. The molecule has 29 heavy (non-hydrogen) atoms. The molecule has 0 spiro atoms. The number of nitrogens with one attached hydrogen (secondary N) is 1. The van der Waals surface area contributed by atoms with Gasteiger partial charge in [-0.3, -0.25) is 9.10 Å². The molecule has 0 saturated heterocycles. The quantitative estimate of drug-likeness (QED) is 0.649. The fourth-order valence-electron chi connectivity index (χ4n) is 2.66. The highest BCUT2D eigenvalue weighted by atomic mass is 35.5. The number of carbonyl (C=O) groups excluding carboxylic acids is 1. The number of sulfonamides is 1. The van der Waals surface area contributed by atoms with Gasteiger partial charge in [0.25, 0.3) is 0 Å². The zero-order valence-corrected chi connectivity index (χ0v) is 18.7. The predicted molar refractivity (Wildman–Crippen MR) is 115 cm³/mol. The molecule has 0 aliphatic heterocycles. The van der Waals surface area contributed by atoms with Crippen LogP contribution in [-0.2, 0) is 14.8 Å². The fraction of sp³-hybridized carbons (Fsp3) is 0.316. The standard InChI is InChI=1S/C19H22Cl2N2O5S/c1-12(13-5-8-17(27-2)18(9-13)28-3)22-19(24)11-23(29(4,25)26)14-6-7-15(20)16(21)10-14/h5-10,12H,11H2,1-4H3,(H,22,24)/t12-/m1/s1. The van der Waals surface area contributed by atoms with Crippen molar-refractivity contribution in [3.05, 3.63) is 52.0 Å². The van der Waals surface area contributed by atoms with Gasteiger partial charge in [0.05, 0.1) is 42.2 Å². The minimum absolute atomic E-state index is 0.192. The maximum atomic E-state index is 12.6. The largest absolute Gasteiger partial charge is 0.493 e. The van der Waals surface area contributed by atoms with Crippen molar-refractivity contribution in [2.75, 3.05) is 31.3 Å². The van der Waals surface area contributed by atoms with E-state index in [4.69, 9.17) is 32.7 Å². The van der Waals surface area contributed by atoms with E-state index in [1.54, 1.807) is 25.1 Å². The Hall–Kier alpha value is -2.16. The van der Waals surface area contributed by atoms with Gasteiger partial charge in [-0.2, -0.15) is 0 Å². The first-order valence-electron chi connectivity index (χ1n) is 8.51. The average molecular weight is 461 g/mol. The maximum Gasteiger partial charge on any atom is 0.241 e. The molecule has 1 atom stereocenters. The Labute approximate surface area is 180 Å². The van der Waals surface area contributed by atoms with Crippen LogP contribution in [0.1, 0.15) is 18.5 Å². The second-order valence-corrected chi connectivity index (χ2v) is 8.99. The molecular formula is C19H22Cl2N2O5S. The molecule has 10 heteroatoms. The van der Waals surface area contributed by atoms with Crippen LogP contribution in [0.15, 0.2) is 36.4 Å². The van der Waals surface area contributed by atoms with E-state index >= 15 is 0 Å². The first-order chi connectivity index (χ1) is 13.6. The summed E-state index contributed by atoms with van der Waals surface area (Å²) < 4.78 is 35.9. The number of ether oxygens (including phenoxy) is 2. The van der Waals surface area contributed by atoms with Crippen LogP contribution < -0.4 is 19.1 Å². The molecule has 2 rings (SSSR count). The van der Waals surface area contributed by atoms with Gasteiger partial charge in [-0.25, -0.2) is 8.42 Å². The van der Waals surface area contributed by atoms with Gasteiger partial charge in [0.1, 0.15) is 6.54 Å². The summed E-state index contributed by atoms with van der Waals surface area (Å²) in [6, 6.07) is 9.24. The van der Waals surface area contributed by atoms with Crippen LogP contribution >= 0.6 is 23.2 Å². The molecule has 0 fully saturated rings. The predicted octanol–water partition coefficient (Wildman–Crippen LogP) is 3.65. The van der Waals surface area contributed by atoms with E-state index in [0.29, 0.717) is 11.5 Å². The number of nitrogens with zero attached hydrogens (tertiary/aromatic N) is 1. The number of methoxy groups -OCH3 is 2. The number of hydrogen-bond donors (Lipinski definition) is 1. The Kier molecular flexibility index (Phi) is 7.62. The highest BCUT2D eigenvalue weighted by Gasteiger charge is 2.23. The average Bonchev–Trinajstić information content (AvgIpc) is 2.66. The zero-order chi connectivity index (χ0) is 21.8. The first kappa shape index (κ1) is 23.1. The van der Waals surface area contributed by atoms with E-state index in [-0.39, 0.29) is 15.7 Å². The van der Waals surface area contributed by atoms with E-state index in [1.807, 2.05) is 0 Å². The van der Waals surface area contributed by atoms with Crippen molar-refractivity contribution >= 4 is 44.8 Å². The van der Waals surface area contributed by atoms with Crippen LogP contribution in [0, 0.1) is 0 Å². The van der Waals surface area contributed by atoms with Gasteiger partial charge in [-0.15, -0.1) is 0 Å². The summed E-state index contributed by atoms with van der Waals surface area (Å²) in [6.45, 7) is 1.37. The first-order valence-corrected chi connectivity index (χ1v) is 11.1. The van der Waals surface area contributed by atoms with Crippen LogP contribution in [0.3, 0.4) is 0 Å². The summed E-state index contributed by atoms with van der Waals surface area (Å²) in [6.07, 6.45) is 1.01. The molecule has 1 N–H and O–H groups in total. The number of amides is 1. The highest BCUT2D eigenvalue weighted by molar-refractivity contribution is 7.92. The van der Waals surface area contributed by atoms with Gasteiger partial charge >= 0.3 is 0 Å². The van der Waals surface area contributed by atoms with Gasteiger partial charge < -0.3 is 14.8 Å². The molecule has 0 heterocycles. The molecule has 7 nitrogen and oxygen atoms in total. The Morgan fingerprint density at radius 1 is 1.07 bits per heavy atom. The molecule has 0 aromatic heterocycles. The SMILES string of the molecule is COc1ccc([C@@H](C)NC(=O)CN(c2ccc(Cl)c(Cl)c2)S(C)(=O)=O)cc1OC. The minimum Gasteiger partial charge on any atom is -0.493 e. The van der Waals surface area contributed by atoms with E-state index in [9.17, 15) is 13.2 Å². The molecule has 158 valence electrons. The van der Waals surface area contributed by atoms with Crippen molar-refractivity contribution in [2.45, 2.75) is 13.0 Å². The van der Waals surface area contributed by atoms with E-state index in [0.717, 1.165) is 16.1 Å². The summed E-state index contributed by atoms with van der Waals surface area (Å²) in [5.74, 6) is 0.612. The number of benzene rings is 2. The van der Waals surface area contributed by atoms with Crippen LogP contribution in [-0.4, -0.2) is 41.3 Å². The van der Waals surface area contributed by atoms with E-state index in [1.165, 1.54) is 32.4 Å². The summed E-state index contributed by atoms with van der Waals surface area (Å²) in [5, 5.41) is 3.26. The van der Waals surface area contributed by atoms with Crippen molar-refractivity contribution in [3.63, 3.8) is 0 Å². The number of halogens is 2. The maximum absolute atomic E-state index is 12.6. The summed E-state index contributed by atoms with van der Waals surface area (Å²) in [7, 11) is -0.675. The Balaban J connectivity index is 2.19. The van der Waals surface area contributed by atoms with E-state index < -0.39 is 28.5 Å². The van der Waals surface area contributed by atoms with Crippen LogP contribution in [0.25, 0.3) is 0 Å². The van der Waals surface area contributed by atoms with Gasteiger partial charge in [-0.05, 0) is 42.8 Å². The lowest BCUT2D eigenvalue weighted by Gasteiger charge is -2.24. The Morgan fingerprint density at radius 3 is 2.28 bits per heavy atom. The van der Waals surface area contributed by atoms with Crippen molar-refractivity contribution in [1.82, 2.24) is 5.32 Å². The lowest BCUT2D eigenvalue weighted by Crippen LogP contribution is -2.41. The van der Waals surface area contributed by atoms with Crippen molar-refractivity contribution in [2.24, 2.45) is 0 Å². The third-order valence-corrected chi connectivity index (χ3v) is 6.04. The van der Waals surface area contributed by atoms with Crippen molar-refractivity contribution in [3.8, 4) is 11.5 Å². The highest BCUT2D eigenvalue weighted by Crippen LogP contribution is 2.30. The molecule has 0 aliphatic rings. The Morgan fingerprint density at radius 2 is 1.72 bits per heavy atom. The molecule has 1 amide bonds. The second-order valence-electron chi connectivity index (χ2n) is 6.27. The number of hydrogen-bond acceptors (Lipinski definition) is 5. The molecule has 0 aliphatic carbocycles. The number of carbonyl (C=O) groups is 1. The molecule has 0 unspecified atom stereocenters. The molecule has 2 aromatic rings. The number of rotatable bonds is 8. The van der Waals surface area contributed by atoms with Crippen molar-refractivity contribution in [1.29, 1.82) is 0 Å². The second kappa shape index (κ2) is 9.56. The third kappa shape index (κ3) is 5.91. The van der Waals surface area contributed by atoms with Gasteiger partial charge in [0, 0.05) is 0 Å². The van der Waals surface area contributed by atoms with Crippen LogP contribution in [0.4, 0.5) is 5.69 Å².